The van der Waals surface area contributed by atoms with E-state index in [4.69, 9.17) is 4.74 Å². The zero-order valence-corrected chi connectivity index (χ0v) is 17.4. The minimum absolute atomic E-state index is 0.621. The van der Waals surface area contributed by atoms with Gasteiger partial charge in [0.05, 0.1) is 5.69 Å². The number of hydrogen-bond acceptors (Lipinski definition) is 3. The average molecular weight is 379 g/mol. The third-order valence-electron chi connectivity index (χ3n) is 6.11. The summed E-state index contributed by atoms with van der Waals surface area (Å²) in [5, 5.41) is 0. The number of rotatable bonds is 5. The largest absolute Gasteiger partial charge is 0.487 e. The molecule has 4 rings (SSSR count). The summed E-state index contributed by atoms with van der Waals surface area (Å²) in [4.78, 5) is 5.11. The third-order valence-corrected chi connectivity index (χ3v) is 6.11. The van der Waals surface area contributed by atoms with Crippen LogP contribution >= 0.6 is 0 Å². The van der Waals surface area contributed by atoms with Gasteiger partial charge in [-0.25, -0.2) is 0 Å². The van der Waals surface area contributed by atoms with Gasteiger partial charge in [-0.2, -0.15) is 0 Å². The monoisotopic (exact) mass is 378 g/mol. The molecule has 2 fully saturated rings. The molecule has 2 aromatic rings. The highest BCUT2D eigenvalue weighted by atomic mass is 16.5. The molecule has 3 heteroatoms. The van der Waals surface area contributed by atoms with Crippen molar-refractivity contribution in [2.75, 3.05) is 36.0 Å². The SMILES string of the molecule is CC1CC(C)CN(c2cc(N3CCCCC3)ccc2OCc2ccccc2)C1. The summed E-state index contributed by atoms with van der Waals surface area (Å²) in [7, 11) is 0. The minimum atomic E-state index is 0.621. The fourth-order valence-electron chi connectivity index (χ4n) is 4.82. The predicted octanol–water partition coefficient (Wildman–Crippen LogP) is 5.74. The molecule has 0 aliphatic carbocycles. The van der Waals surface area contributed by atoms with Gasteiger partial charge in [0, 0.05) is 31.9 Å². The lowest BCUT2D eigenvalue weighted by molar-refractivity contribution is 0.302. The zero-order valence-electron chi connectivity index (χ0n) is 17.4. The van der Waals surface area contributed by atoms with E-state index < -0.39 is 0 Å². The number of ether oxygens (including phenoxy) is 1. The molecule has 28 heavy (non-hydrogen) atoms. The molecule has 0 amide bonds. The number of piperidine rings is 2. The molecule has 2 aliphatic heterocycles. The van der Waals surface area contributed by atoms with Crippen LogP contribution in [-0.2, 0) is 6.61 Å². The van der Waals surface area contributed by atoms with Crippen molar-refractivity contribution in [2.24, 2.45) is 11.8 Å². The molecule has 0 aromatic heterocycles. The van der Waals surface area contributed by atoms with E-state index in [2.05, 4.69) is 72.2 Å². The smallest absolute Gasteiger partial charge is 0.143 e. The number of anilines is 2. The Morgan fingerprint density at radius 1 is 0.857 bits per heavy atom. The molecule has 0 spiro atoms. The number of nitrogens with zero attached hydrogens (tertiary/aromatic N) is 2. The minimum Gasteiger partial charge on any atom is -0.487 e. The lowest BCUT2D eigenvalue weighted by Gasteiger charge is -2.38. The standard InChI is InChI=1S/C25H34N2O/c1-20-15-21(2)18-27(17-20)24-16-23(26-13-7-4-8-14-26)11-12-25(24)28-19-22-9-5-3-6-10-22/h3,5-6,9-12,16,20-21H,4,7-8,13-15,17-19H2,1-2H3. The summed E-state index contributed by atoms with van der Waals surface area (Å²) in [5.41, 5.74) is 3.85. The van der Waals surface area contributed by atoms with Crippen LogP contribution in [0.25, 0.3) is 0 Å². The van der Waals surface area contributed by atoms with Crippen molar-refractivity contribution in [3.8, 4) is 5.75 Å². The molecule has 0 saturated carbocycles. The van der Waals surface area contributed by atoms with Crippen LogP contribution in [-0.4, -0.2) is 26.2 Å². The molecule has 0 N–H and O–H groups in total. The van der Waals surface area contributed by atoms with E-state index in [9.17, 15) is 0 Å². The van der Waals surface area contributed by atoms with Gasteiger partial charge >= 0.3 is 0 Å². The van der Waals surface area contributed by atoms with Crippen LogP contribution in [0.1, 0.15) is 45.1 Å². The van der Waals surface area contributed by atoms with E-state index in [1.54, 1.807) is 0 Å². The fraction of sp³-hybridized carbons (Fsp3) is 0.520. The van der Waals surface area contributed by atoms with Crippen LogP contribution in [0.3, 0.4) is 0 Å². The van der Waals surface area contributed by atoms with Gasteiger partial charge in [0.25, 0.3) is 0 Å². The van der Waals surface area contributed by atoms with Gasteiger partial charge in [0.1, 0.15) is 12.4 Å². The molecule has 2 aromatic carbocycles. The van der Waals surface area contributed by atoms with Gasteiger partial charge in [-0.1, -0.05) is 44.2 Å². The highest BCUT2D eigenvalue weighted by molar-refractivity contribution is 5.67. The molecule has 3 nitrogen and oxygen atoms in total. The van der Waals surface area contributed by atoms with Crippen molar-refractivity contribution >= 4 is 11.4 Å². The van der Waals surface area contributed by atoms with Crippen molar-refractivity contribution in [3.05, 3.63) is 54.1 Å². The van der Waals surface area contributed by atoms with E-state index in [0.717, 1.165) is 30.7 Å². The summed E-state index contributed by atoms with van der Waals surface area (Å²) in [6.45, 7) is 9.97. The fourth-order valence-corrected chi connectivity index (χ4v) is 4.82. The maximum atomic E-state index is 6.33. The highest BCUT2D eigenvalue weighted by Crippen LogP contribution is 2.37. The molecular formula is C25H34N2O. The first-order valence-electron chi connectivity index (χ1n) is 11.0. The van der Waals surface area contributed by atoms with E-state index in [1.165, 1.54) is 55.7 Å². The van der Waals surface area contributed by atoms with Crippen molar-refractivity contribution in [1.29, 1.82) is 0 Å². The summed E-state index contributed by atoms with van der Waals surface area (Å²) < 4.78 is 6.33. The van der Waals surface area contributed by atoms with Crippen molar-refractivity contribution in [3.63, 3.8) is 0 Å². The van der Waals surface area contributed by atoms with Gasteiger partial charge < -0.3 is 14.5 Å². The first kappa shape index (κ1) is 19.2. The Bertz CT molecular complexity index is 744. The Balaban J connectivity index is 1.59. The molecular weight excluding hydrogens is 344 g/mol. The molecule has 2 atom stereocenters. The second kappa shape index (κ2) is 8.89. The third kappa shape index (κ3) is 4.63. The predicted molar refractivity (Wildman–Crippen MR) is 118 cm³/mol. The first-order valence-corrected chi connectivity index (χ1v) is 11.0. The Morgan fingerprint density at radius 2 is 1.57 bits per heavy atom. The lowest BCUT2D eigenvalue weighted by atomic mass is 9.91. The Hall–Kier alpha value is -2.16. The van der Waals surface area contributed by atoms with Gasteiger partial charge in [-0.15, -0.1) is 0 Å². The summed E-state index contributed by atoms with van der Waals surface area (Å²) in [6.07, 6.45) is 5.30. The Labute approximate surface area is 170 Å². The molecule has 2 unspecified atom stereocenters. The van der Waals surface area contributed by atoms with Crippen molar-refractivity contribution < 1.29 is 4.74 Å². The summed E-state index contributed by atoms with van der Waals surface area (Å²) >= 11 is 0. The first-order chi connectivity index (χ1) is 13.7. The van der Waals surface area contributed by atoms with Crippen LogP contribution in [0.2, 0.25) is 0 Å². The molecule has 150 valence electrons. The molecule has 0 bridgehead atoms. The van der Waals surface area contributed by atoms with Gasteiger partial charge in [0.2, 0.25) is 0 Å². The van der Waals surface area contributed by atoms with Crippen LogP contribution in [0.15, 0.2) is 48.5 Å². The number of hydrogen-bond donors (Lipinski definition) is 0. The van der Waals surface area contributed by atoms with E-state index in [-0.39, 0.29) is 0 Å². The van der Waals surface area contributed by atoms with E-state index in [0.29, 0.717) is 6.61 Å². The van der Waals surface area contributed by atoms with Crippen LogP contribution in [0.4, 0.5) is 11.4 Å². The van der Waals surface area contributed by atoms with E-state index >= 15 is 0 Å². The average Bonchev–Trinajstić information content (AvgIpc) is 2.73. The molecule has 2 saturated heterocycles. The maximum absolute atomic E-state index is 6.33. The lowest BCUT2D eigenvalue weighted by Crippen LogP contribution is -2.39. The molecule has 2 heterocycles. The summed E-state index contributed by atoms with van der Waals surface area (Å²) in [6, 6.07) is 17.3. The summed E-state index contributed by atoms with van der Waals surface area (Å²) in [5.74, 6) is 2.47. The van der Waals surface area contributed by atoms with E-state index in [1.807, 2.05) is 0 Å². The Kier molecular flexibility index (Phi) is 6.09. The van der Waals surface area contributed by atoms with Gasteiger partial charge in [-0.05, 0) is 61.3 Å². The van der Waals surface area contributed by atoms with Crippen molar-refractivity contribution in [2.45, 2.75) is 46.1 Å². The van der Waals surface area contributed by atoms with Crippen LogP contribution in [0.5, 0.6) is 5.75 Å². The second-order valence-electron chi connectivity index (χ2n) is 8.83. The highest BCUT2D eigenvalue weighted by Gasteiger charge is 2.25. The van der Waals surface area contributed by atoms with Gasteiger partial charge in [0.15, 0.2) is 0 Å². The zero-order chi connectivity index (χ0) is 19.3. The quantitative estimate of drug-likeness (QED) is 0.660. The Morgan fingerprint density at radius 3 is 2.29 bits per heavy atom. The normalized spacial score (nSPS) is 22.9. The maximum Gasteiger partial charge on any atom is 0.143 e. The van der Waals surface area contributed by atoms with Gasteiger partial charge in [-0.3, -0.25) is 0 Å². The second-order valence-corrected chi connectivity index (χ2v) is 8.83. The van der Waals surface area contributed by atoms with Crippen molar-refractivity contribution in [1.82, 2.24) is 0 Å². The van der Waals surface area contributed by atoms with Crippen LogP contribution < -0.4 is 14.5 Å². The van der Waals surface area contributed by atoms with Crippen LogP contribution in [0, 0.1) is 11.8 Å². The topological polar surface area (TPSA) is 15.7 Å². The molecule has 0 radical (unpaired) electrons. The molecule has 2 aliphatic rings. The number of benzene rings is 2.